The second-order valence-corrected chi connectivity index (χ2v) is 7.73. The van der Waals surface area contributed by atoms with E-state index in [9.17, 15) is 8.42 Å². The van der Waals surface area contributed by atoms with E-state index in [0.717, 1.165) is 5.56 Å². The van der Waals surface area contributed by atoms with Gasteiger partial charge in [0, 0.05) is 0 Å². The van der Waals surface area contributed by atoms with Crippen LogP contribution < -0.4 is 4.83 Å². The summed E-state index contributed by atoms with van der Waals surface area (Å²) in [6.07, 6.45) is 2.81. The van der Waals surface area contributed by atoms with Crippen molar-refractivity contribution >= 4 is 16.2 Å². The van der Waals surface area contributed by atoms with Crippen molar-refractivity contribution in [3.63, 3.8) is 0 Å². The van der Waals surface area contributed by atoms with E-state index in [-0.39, 0.29) is 10.3 Å². The number of nitrogens with one attached hydrogen (secondary N) is 1. The zero-order chi connectivity index (χ0) is 16.4. The molecular weight excluding hydrogens is 300 g/mol. The van der Waals surface area contributed by atoms with Crippen molar-refractivity contribution in [2.24, 2.45) is 5.10 Å². The van der Waals surface area contributed by atoms with Gasteiger partial charge in [0.15, 0.2) is 0 Å². The molecule has 0 aliphatic rings. The van der Waals surface area contributed by atoms with Gasteiger partial charge in [0.2, 0.25) is 0 Å². The van der Waals surface area contributed by atoms with Crippen molar-refractivity contribution in [3.8, 4) is 0 Å². The molecule has 2 aromatic rings. The number of rotatable bonds is 4. The van der Waals surface area contributed by atoms with Crippen LogP contribution in [0.5, 0.6) is 0 Å². The fourth-order valence-electron chi connectivity index (χ4n) is 1.93. The Balaban J connectivity index is 2.29. The van der Waals surface area contributed by atoms with Crippen molar-refractivity contribution < 1.29 is 12.8 Å². The molecule has 5 nitrogen and oxygen atoms in total. The first-order chi connectivity index (χ1) is 10.2. The summed E-state index contributed by atoms with van der Waals surface area (Å²) in [5, 5.41) is 3.74. The lowest BCUT2D eigenvalue weighted by Crippen LogP contribution is -2.21. The van der Waals surface area contributed by atoms with Crippen LogP contribution in [0.4, 0.5) is 0 Å². The van der Waals surface area contributed by atoms with Crippen molar-refractivity contribution in [2.45, 2.75) is 38.0 Å². The van der Waals surface area contributed by atoms with Crippen LogP contribution >= 0.6 is 0 Å². The van der Waals surface area contributed by atoms with Crippen molar-refractivity contribution in [1.82, 2.24) is 4.83 Å². The molecule has 0 radical (unpaired) electrons. The van der Waals surface area contributed by atoms with Crippen LogP contribution in [0.1, 0.15) is 37.7 Å². The third-order valence-corrected chi connectivity index (χ3v) is 4.62. The predicted molar refractivity (Wildman–Crippen MR) is 86.5 cm³/mol. The van der Waals surface area contributed by atoms with Crippen molar-refractivity contribution in [1.29, 1.82) is 0 Å². The van der Waals surface area contributed by atoms with Gasteiger partial charge in [-0.1, -0.05) is 32.9 Å². The molecule has 1 N–H and O–H groups in total. The Morgan fingerprint density at radius 2 is 1.95 bits per heavy atom. The van der Waals surface area contributed by atoms with Gasteiger partial charge in [0.25, 0.3) is 10.0 Å². The highest BCUT2D eigenvalue weighted by molar-refractivity contribution is 7.89. The first-order valence-electron chi connectivity index (χ1n) is 6.90. The molecule has 1 aromatic carbocycles. The summed E-state index contributed by atoms with van der Waals surface area (Å²) in [6, 6.07) is 8.84. The van der Waals surface area contributed by atoms with Crippen LogP contribution in [0.3, 0.4) is 0 Å². The third-order valence-electron chi connectivity index (χ3n) is 3.25. The summed E-state index contributed by atoms with van der Waals surface area (Å²) < 4.78 is 29.9. The number of aryl methyl sites for hydroxylation is 1. The maximum atomic E-state index is 12.4. The Hall–Kier alpha value is -2.08. The van der Waals surface area contributed by atoms with Crippen LogP contribution in [-0.2, 0) is 15.4 Å². The number of benzene rings is 1. The van der Waals surface area contributed by atoms with E-state index in [2.05, 4.69) is 9.93 Å². The minimum atomic E-state index is -3.72. The topological polar surface area (TPSA) is 71.7 Å². The molecular formula is C16H20N2O3S. The summed E-state index contributed by atoms with van der Waals surface area (Å²) >= 11 is 0. The predicted octanol–water partition coefficient (Wildman–Crippen LogP) is 3.20. The highest BCUT2D eigenvalue weighted by Gasteiger charge is 2.20. The molecule has 0 aliphatic heterocycles. The molecule has 0 bridgehead atoms. The smallest absolute Gasteiger partial charge is 0.276 e. The van der Waals surface area contributed by atoms with Gasteiger partial charge in [-0.15, -0.1) is 0 Å². The molecule has 1 heterocycles. The molecule has 22 heavy (non-hydrogen) atoms. The Labute approximate surface area is 131 Å². The van der Waals surface area contributed by atoms with E-state index in [0.29, 0.717) is 11.3 Å². The molecule has 0 spiro atoms. The van der Waals surface area contributed by atoms with E-state index in [1.807, 2.05) is 32.9 Å². The fourth-order valence-corrected chi connectivity index (χ4v) is 2.99. The lowest BCUT2D eigenvalue weighted by Gasteiger charge is -2.20. The lowest BCUT2D eigenvalue weighted by atomic mass is 9.87. The van der Waals surface area contributed by atoms with Gasteiger partial charge in [-0.3, -0.25) is 0 Å². The molecule has 0 saturated heterocycles. The molecule has 1 aromatic heterocycles. The van der Waals surface area contributed by atoms with Gasteiger partial charge in [-0.2, -0.15) is 18.4 Å². The largest absolute Gasteiger partial charge is 0.463 e. The third kappa shape index (κ3) is 3.76. The van der Waals surface area contributed by atoms with Gasteiger partial charge in [0.1, 0.15) is 5.76 Å². The number of furan rings is 1. The summed E-state index contributed by atoms with van der Waals surface area (Å²) in [7, 11) is -3.72. The SMILES string of the molecule is Cc1ccc(C(C)(C)C)cc1S(=O)(=O)N/N=C/c1ccco1. The number of hydrazone groups is 1. The number of hydrogen-bond acceptors (Lipinski definition) is 4. The maximum Gasteiger partial charge on any atom is 0.276 e. The summed E-state index contributed by atoms with van der Waals surface area (Å²) in [5.41, 5.74) is 1.50. The first kappa shape index (κ1) is 16.3. The monoisotopic (exact) mass is 320 g/mol. The quantitative estimate of drug-likeness (QED) is 0.694. The molecule has 0 saturated carbocycles. The van der Waals surface area contributed by atoms with Gasteiger partial charge >= 0.3 is 0 Å². The normalized spacial score (nSPS) is 12.7. The standard InChI is InChI=1S/C16H20N2O3S/c1-12-7-8-13(16(2,3)4)10-15(12)22(19,20)18-17-11-14-6-5-9-21-14/h5-11,18H,1-4H3/b17-11+. The first-order valence-corrected chi connectivity index (χ1v) is 8.38. The zero-order valence-electron chi connectivity index (χ0n) is 13.1. The number of sulfonamides is 1. The van der Waals surface area contributed by atoms with E-state index in [1.54, 1.807) is 25.1 Å². The average molecular weight is 320 g/mol. The second kappa shape index (κ2) is 5.96. The summed E-state index contributed by atoms with van der Waals surface area (Å²) in [6.45, 7) is 7.88. The molecule has 0 fully saturated rings. The average Bonchev–Trinajstić information content (AvgIpc) is 2.90. The lowest BCUT2D eigenvalue weighted by molar-refractivity contribution is 0.559. The Morgan fingerprint density at radius 3 is 2.55 bits per heavy atom. The Kier molecular flexibility index (Phi) is 4.42. The molecule has 0 aliphatic carbocycles. The highest BCUT2D eigenvalue weighted by atomic mass is 32.2. The van der Waals surface area contributed by atoms with Crippen LogP contribution in [0.25, 0.3) is 0 Å². The minimum Gasteiger partial charge on any atom is -0.463 e. The Morgan fingerprint density at radius 1 is 1.23 bits per heavy atom. The van der Waals surface area contributed by atoms with E-state index < -0.39 is 10.0 Å². The van der Waals surface area contributed by atoms with Crippen LogP contribution in [0, 0.1) is 6.92 Å². The molecule has 2 rings (SSSR count). The fraction of sp³-hybridized carbons (Fsp3) is 0.312. The van der Waals surface area contributed by atoms with Crippen molar-refractivity contribution in [2.75, 3.05) is 0 Å². The van der Waals surface area contributed by atoms with E-state index in [4.69, 9.17) is 4.42 Å². The van der Waals surface area contributed by atoms with E-state index >= 15 is 0 Å². The zero-order valence-corrected chi connectivity index (χ0v) is 13.9. The second-order valence-electron chi connectivity index (χ2n) is 6.10. The molecule has 118 valence electrons. The van der Waals surface area contributed by atoms with E-state index in [1.165, 1.54) is 12.5 Å². The van der Waals surface area contributed by atoms with Gasteiger partial charge < -0.3 is 4.42 Å². The summed E-state index contributed by atoms with van der Waals surface area (Å²) in [4.78, 5) is 2.45. The minimum absolute atomic E-state index is 0.130. The Bertz CT molecular complexity index is 770. The van der Waals surface area contributed by atoms with Gasteiger partial charge in [0.05, 0.1) is 17.4 Å². The van der Waals surface area contributed by atoms with Crippen LogP contribution in [0.2, 0.25) is 0 Å². The van der Waals surface area contributed by atoms with Gasteiger partial charge in [-0.25, -0.2) is 0 Å². The highest BCUT2D eigenvalue weighted by Crippen LogP contribution is 2.26. The van der Waals surface area contributed by atoms with Crippen molar-refractivity contribution in [3.05, 3.63) is 53.5 Å². The molecule has 0 unspecified atom stereocenters. The summed E-state index contributed by atoms with van der Waals surface area (Å²) in [5.74, 6) is 0.475. The molecule has 0 atom stereocenters. The molecule has 0 amide bonds. The van der Waals surface area contributed by atoms with Crippen LogP contribution in [0.15, 0.2) is 51.0 Å². The number of hydrogen-bond donors (Lipinski definition) is 1. The molecule has 6 heteroatoms. The van der Waals surface area contributed by atoms with Gasteiger partial charge in [-0.05, 0) is 41.7 Å². The maximum absolute atomic E-state index is 12.4. The number of nitrogens with zero attached hydrogens (tertiary/aromatic N) is 1. The van der Waals surface area contributed by atoms with Crippen LogP contribution in [-0.4, -0.2) is 14.6 Å².